The lowest BCUT2D eigenvalue weighted by Gasteiger charge is -2.05. The van der Waals surface area contributed by atoms with Gasteiger partial charge in [-0.3, -0.25) is 9.98 Å². The highest BCUT2D eigenvalue weighted by atomic mass is 16.5. The molecule has 0 atom stereocenters. The summed E-state index contributed by atoms with van der Waals surface area (Å²) in [6.07, 6.45) is 7.47. The first-order valence-corrected chi connectivity index (χ1v) is 9.11. The van der Waals surface area contributed by atoms with Crippen LogP contribution in [0.15, 0.2) is 65.4 Å². The van der Waals surface area contributed by atoms with Crippen LogP contribution in [0.4, 0.5) is 0 Å². The first-order valence-electron chi connectivity index (χ1n) is 9.11. The number of hydrogen-bond acceptors (Lipinski definition) is 5. The van der Waals surface area contributed by atoms with Gasteiger partial charge in [-0.15, -0.1) is 0 Å². The van der Waals surface area contributed by atoms with Crippen molar-refractivity contribution >= 4 is 34.9 Å². The summed E-state index contributed by atoms with van der Waals surface area (Å²) in [4.78, 5) is 25.6. The van der Waals surface area contributed by atoms with E-state index < -0.39 is 0 Å². The Kier molecular flexibility index (Phi) is 4.81. The molecule has 1 aliphatic heterocycles. The van der Waals surface area contributed by atoms with E-state index in [4.69, 9.17) is 4.74 Å². The summed E-state index contributed by atoms with van der Waals surface area (Å²) in [5.74, 6) is -0.320. The van der Waals surface area contributed by atoms with E-state index in [2.05, 4.69) is 15.0 Å². The van der Waals surface area contributed by atoms with E-state index in [-0.39, 0.29) is 5.97 Å². The molecule has 0 N–H and O–H groups in total. The van der Waals surface area contributed by atoms with E-state index >= 15 is 0 Å². The summed E-state index contributed by atoms with van der Waals surface area (Å²) in [5, 5.41) is 0. The predicted octanol–water partition coefficient (Wildman–Crippen LogP) is 4.62. The average molecular weight is 369 g/mol. The van der Waals surface area contributed by atoms with Gasteiger partial charge in [-0.2, -0.15) is 0 Å². The monoisotopic (exact) mass is 369 g/mol. The van der Waals surface area contributed by atoms with Gasteiger partial charge < -0.3 is 4.74 Å². The van der Waals surface area contributed by atoms with Crippen LogP contribution < -0.4 is 0 Å². The minimum absolute atomic E-state index is 0.320. The van der Waals surface area contributed by atoms with Gasteiger partial charge in [0.1, 0.15) is 0 Å². The number of aromatic nitrogens is 2. The van der Waals surface area contributed by atoms with E-state index in [1.165, 1.54) is 0 Å². The molecule has 1 aliphatic rings. The molecule has 138 valence electrons. The number of carbonyl (C=O) groups is 1. The Morgan fingerprint density at radius 3 is 2.79 bits per heavy atom. The van der Waals surface area contributed by atoms with Crippen molar-refractivity contribution in [2.45, 2.75) is 13.8 Å². The molecule has 4 rings (SSSR count). The number of rotatable bonds is 4. The van der Waals surface area contributed by atoms with Crippen LogP contribution in [0.25, 0.3) is 22.7 Å². The SMILES string of the molecule is CCOC(=O)c1ccc(C)c(C=C2C=C(c3cnc4ccccc4n3)C=N2)c1. The molecule has 2 heterocycles. The standard InChI is InChI=1S/C23H19N3O2/c1-3-28-23(27)16-9-8-15(2)17(10-16)11-19-12-18(13-24-19)22-14-25-20-6-4-5-7-21(20)26-22/h4-14H,3H2,1-2H3. The molecule has 0 saturated heterocycles. The number of para-hydroxylation sites is 2. The molecule has 0 radical (unpaired) electrons. The molecule has 0 spiro atoms. The molecule has 5 heteroatoms. The zero-order valence-corrected chi connectivity index (χ0v) is 15.7. The second-order valence-electron chi connectivity index (χ2n) is 6.46. The third-order valence-corrected chi connectivity index (χ3v) is 4.49. The third kappa shape index (κ3) is 3.60. The summed E-state index contributed by atoms with van der Waals surface area (Å²) in [5.41, 5.74) is 6.73. The lowest BCUT2D eigenvalue weighted by molar-refractivity contribution is 0.0526. The maximum absolute atomic E-state index is 12.0. The quantitative estimate of drug-likeness (QED) is 0.629. The van der Waals surface area contributed by atoms with Crippen LogP contribution in [-0.2, 0) is 4.74 Å². The van der Waals surface area contributed by atoms with E-state index in [1.807, 2.05) is 55.5 Å². The molecule has 1 aromatic heterocycles. The summed E-state index contributed by atoms with van der Waals surface area (Å²) in [7, 11) is 0. The highest BCUT2D eigenvalue weighted by Crippen LogP contribution is 2.24. The van der Waals surface area contributed by atoms with Crippen molar-refractivity contribution in [1.29, 1.82) is 0 Å². The Balaban J connectivity index is 1.65. The van der Waals surface area contributed by atoms with Gasteiger partial charge in [0.05, 0.1) is 40.8 Å². The van der Waals surface area contributed by atoms with E-state index in [1.54, 1.807) is 25.4 Å². The van der Waals surface area contributed by atoms with Crippen molar-refractivity contribution in [2.75, 3.05) is 6.61 Å². The maximum Gasteiger partial charge on any atom is 0.338 e. The van der Waals surface area contributed by atoms with Gasteiger partial charge in [-0.05, 0) is 61.4 Å². The Morgan fingerprint density at radius 2 is 1.96 bits per heavy atom. The number of aliphatic imine (C=N–C) groups is 1. The largest absolute Gasteiger partial charge is 0.462 e. The molecule has 5 nitrogen and oxygen atoms in total. The average Bonchev–Trinajstić information content (AvgIpc) is 3.18. The van der Waals surface area contributed by atoms with E-state index in [9.17, 15) is 4.79 Å². The van der Waals surface area contributed by atoms with Crippen LogP contribution in [0.3, 0.4) is 0 Å². The summed E-state index contributed by atoms with van der Waals surface area (Å²) >= 11 is 0. The minimum Gasteiger partial charge on any atom is -0.462 e. The van der Waals surface area contributed by atoms with Gasteiger partial charge in [0.15, 0.2) is 0 Å². The number of allylic oxidation sites excluding steroid dienone is 2. The van der Waals surface area contributed by atoms with Crippen LogP contribution in [0, 0.1) is 6.92 Å². The first-order chi connectivity index (χ1) is 13.6. The Labute approximate surface area is 163 Å². The van der Waals surface area contributed by atoms with Crippen LogP contribution >= 0.6 is 0 Å². The first kappa shape index (κ1) is 17.8. The van der Waals surface area contributed by atoms with Crippen LogP contribution in [0.2, 0.25) is 0 Å². The van der Waals surface area contributed by atoms with Crippen LogP contribution in [-0.4, -0.2) is 28.8 Å². The molecule has 28 heavy (non-hydrogen) atoms. The maximum atomic E-state index is 12.0. The highest BCUT2D eigenvalue weighted by molar-refractivity contribution is 6.13. The summed E-state index contributed by atoms with van der Waals surface area (Å²) in [6.45, 7) is 4.15. The van der Waals surface area contributed by atoms with Crippen molar-refractivity contribution in [1.82, 2.24) is 9.97 Å². The fourth-order valence-electron chi connectivity index (χ4n) is 2.99. The fraction of sp³-hybridized carbons (Fsp3) is 0.130. The minimum atomic E-state index is -0.320. The summed E-state index contributed by atoms with van der Waals surface area (Å²) < 4.78 is 5.09. The lowest BCUT2D eigenvalue weighted by Crippen LogP contribution is -2.05. The van der Waals surface area contributed by atoms with Gasteiger partial charge in [0, 0.05) is 11.8 Å². The number of aryl methyl sites for hydroxylation is 1. The number of nitrogens with zero attached hydrogens (tertiary/aromatic N) is 3. The highest BCUT2D eigenvalue weighted by Gasteiger charge is 2.12. The van der Waals surface area contributed by atoms with Crippen molar-refractivity contribution in [3.05, 3.63) is 82.8 Å². The molecular weight excluding hydrogens is 350 g/mol. The van der Waals surface area contributed by atoms with Gasteiger partial charge >= 0.3 is 5.97 Å². The second-order valence-corrected chi connectivity index (χ2v) is 6.46. The predicted molar refractivity (Wildman–Crippen MR) is 111 cm³/mol. The summed E-state index contributed by atoms with van der Waals surface area (Å²) in [6, 6.07) is 13.3. The number of esters is 1. The molecule has 0 bridgehead atoms. The molecule has 0 saturated carbocycles. The third-order valence-electron chi connectivity index (χ3n) is 4.49. The topological polar surface area (TPSA) is 64.4 Å². The van der Waals surface area contributed by atoms with Gasteiger partial charge in [-0.1, -0.05) is 18.2 Å². The smallest absolute Gasteiger partial charge is 0.338 e. The molecular formula is C23H19N3O2. The zero-order chi connectivity index (χ0) is 19.5. The molecule has 2 aromatic carbocycles. The van der Waals surface area contributed by atoms with Crippen molar-refractivity contribution in [3.8, 4) is 0 Å². The van der Waals surface area contributed by atoms with Crippen molar-refractivity contribution < 1.29 is 9.53 Å². The Morgan fingerprint density at radius 1 is 1.14 bits per heavy atom. The van der Waals surface area contributed by atoms with Gasteiger partial charge in [-0.25, -0.2) is 9.78 Å². The normalized spacial score (nSPS) is 14.5. The van der Waals surface area contributed by atoms with E-state index in [0.717, 1.165) is 39.1 Å². The van der Waals surface area contributed by atoms with Gasteiger partial charge in [0.25, 0.3) is 0 Å². The number of fused-ring (bicyclic) bond motifs is 1. The fourth-order valence-corrected chi connectivity index (χ4v) is 2.99. The number of carbonyl (C=O) groups excluding carboxylic acids is 1. The van der Waals surface area contributed by atoms with Crippen molar-refractivity contribution in [3.63, 3.8) is 0 Å². The van der Waals surface area contributed by atoms with Gasteiger partial charge in [0.2, 0.25) is 0 Å². The molecule has 0 amide bonds. The number of ether oxygens (including phenoxy) is 1. The number of benzene rings is 2. The molecule has 3 aromatic rings. The Bertz CT molecular complexity index is 1160. The van der Waals surface area contributed by atoms with Crippen molar-refractivity contribution in [2.24, 2.45) is 4.99 Å². The lowest BCUT2D eigenvalue weighted by atomic mass is 10.0. The van der Waals surface area contributed by atoms with Crippen LogP contribution in [0.5, 0.6) is 0 Å². The molecule has 0 fully saturated rings. The van der Waals surface area contributed by atoms with E-state index in [0.29, 0.717) is 12.2 Å². The molecule has 0 unspecified atom stereocenters. The number of hydrogen-bond donors (Lipinski definition) is 0. The second kappa shape index (κ2) is 7.56. The van der Waals surface area contributed by atoms with Crippen LogP contribution in [0.1, 0.15) is 34.1 Å². The zero-order valence-electron chi connectivity index (χ0n) is 15.7. The molecule has 0 aliphatic carbocycles. The Hall–Kier alpha value is -3.60.